The molecule has 1 fully saturated rings. The summed E-state index contributed by atoms with van der Waals surface area (Å²) in [5, 5.41) is 9.12. The number of aliphatic hydroxyl groups is 1. The Bertz CT molecular complexity index is 635. The van der Waals surface area contributed by atoms with Gasteiger partial charge in [0.05, 0.1) is 6.61 Å². The van der Waals surface area contributed by atoms with E-state index >= 15 is 0 Å². The first-order valence-corrected chi connectivity index (χ1v) is 7.96. The van der Waals surface area contributed by atoms with Gasteiger partial charge in [-0.25, -0.2) is 0 Å². The number of ether oxygens (including phenoxy) is 1. The van der Waals surface area contributed by atoms with Crippen molar-refractivity contribution >= 4 is 5.91 Å². The minimum atomic E-state index is -0.0174. The predicted octanol–water partition coefficient (Wildman–Crippen LogP) is 2.86. The summed E-state index contributed by atoms with van der Waals surface area (Å²) in [6.07, 6.45) is 2.06. The van der Waals surface area contributed by atoms with E-state index < -0.39 is 0 Å². The zero-order chi connectivity index (χ0) is 16.1. The first kappa shape index (κ1) is 15.6. The summed E-state index contributed by atoms with van der Waals surface area (Å²) >= 11 is 0. The van der Waals surface area contributed by atoms with E-state index in [-0.39, 0.29) is 12.5 Å². The Kier molecular flexibility index (Phi) is 4.93. The van der Waals surface area contributed by atoms with Crippen LogP contribution in [0.2, 0.25) is 0 Å². The van der Waals surface area contributed by atoms with Gasteiger partial charge in [-0.3, -0.25) is 4.79 Å². The van der Waals surface area contributed by atoms with Gasteiger partial charge in [-0.2, -0.15) is 0 Å². The fourth-order valence-corrected chi connectivity index (χ4v) is 2.54. The lowest BCUT2D eigenvalue weighted by molar-refractivity contribution is 0.0707. The molecule has 0 spiro atoms. The summed E-state index contributed by atoms with van der Waals surface area (Å²) in [7, 11) is 0. The number of benzene rings is 2. The molecule has 0 unspecified atom stereocenters. The van der Waals surface area contributed by atoms with Gasteiger partial charge in [-0.05, 0) is 42.7 Å². The summed E-state index contributed by atoms with van der Waals surface area (Å²) < 4.78 is 5.73. The lowest BCUT2D eigenvalue weighted by Gasteiger charge is -2.21. The predicted molar refractivity (Wildman–Crippen MR) is 88.4 cm³/mol. The Balaban J connectivity index is 1.61. The number of hydrogen-bond acceptors (Lipinski definition) is 3. The van der Waals surface area contributed by atoms with Gasteiger partial charge >= 0.3 is 0 Å². The van der Waals surface area contributed by atoms with Gasteiger partial charge in [0.1, 0.15) is 12.4 Å². The molecule has 1 aliphatic carbocycles. The first-order valence-electron chi connectivity index (χ1n) is 7.96. The molecule has 23 heavy (non-hydrogen) atoms. The molecular formula is C19H21NO3. The Labute approximate surface area is 136 Å². The third-order valence-corrected chi connectivity index (χ3v) is 3.94. The van der Waals surface area contributed by atoms with Crippen LogP contribution in [0.15, 0.2) is 54.6 Å². The summed E-state index contributed by atoms with van der Waals surface area (Å²) in [5.74, 6) is 0.724. The quantitative estimate of drug-likeness (QED) is 0.855. The van der Waals surface area contributed by atoms with Gasteiger partial charge in [0.25, 0.3) is 5.91 Å². The highest BCUT2D eigenvalue weighted by Gasteiger charge is 2.32. The summed E-state index contributed by atoms with van der Waals surface area (Å²) in [4.78, 5) is 14.2. The van der Waals surface area contributed by atoms with Crippen LogP contribution < -0.4 is 4.74 Å². The van der Waals surface area contributed by atoms with E-state index in [0.717, 1.165) is 24.2 Å². The van der Waals surface area contributed by atoms with Crippen molar-refractivity contribution in [3.63, 3.8) is 0 Å². The highest BCUT2D eigenvalue weighted by atomic mass is 16.5. The summed E-state index contributed by atoms with van der Waals surface area (Å²) in [6.45, 7) is 0.906. The van der Waals surface area contributed by atoms with E-state index in [4.69, 9.17) is 9.84 Å². The number of rotatable bonds is 7. The van der Waals surface area contributed by atoms with E-state index in [0.29, 0.717) is 24.8 Å². The van der Waals surface area contributed by atoms with Crippen molar-refractivity contribution in [3.05, 3.63) is 65.7 Å². The number of aliphatic hydroxyl groups excluding tert-OH is 1. The number of hydrogen-bond donors (Lipinski definition) is 1. The second kappa shape index (κ2) is 7.29. The Morgan fingerprint density at radius 1 is 1.09 bits per heavy atom. The van der Waals surface area contributed by atoms with Gasteiger partial charge in [-0.15, -0.1) is 0 Å². The Morgan fingerprint density at radius 3 is 2.39 bits per heavy atom. The molecule has 0 aliphatic heterocycles. The van der Waals surface area contributed by atoms with Crippen LogP contribution in [0.4, 0.5) is 0 Å². The third-order valence-electron chi connectivity index (χ3n) is 3.94. The minimum Gasteiger partial charge on any atom is -0.489 e. The fourth-order valence-electron chi connectivity index (χ4n) is 2.54. The van der Waals surface area contributed by atoms with Crippen LogP contribution in [-0.2, 0) is 6.61 Å². The van der Waals surface area contributed by atoms with E-state index in [2.05, 4.69) is 0 Å². The molecule has 0 saturated heterocycles. The average molecular weight is 311 g/mol. The molecule has 120 valence electrons. The molecule has 2 aromatic carbocycles. The van der Waals surface area contributed by atoms with Crippen molar-refractivity contribution in [2.24, 2.45) is 0 Å². The molecule has 0 atom stereocenters. The van der Waals surface area contributed by atoms with Crippen LogP contribution in [0.5, 0.6) is 5.75 Å². The Morgan fingerprint density at radius 2 is 1.78 bits per heavy atom. The number of amides is 1. The fraction of sp³-hybridized carbons (Fsp3) is 0.316. The molecular weight excluding hydrogens is 290 g/mol. The van der Waals surface area contributed by atoms with E-state index in [1.165, 1.54) is 0 Å². The van der Waals surface area contributed by atoms with Gasteiger partial charge in [0, 0.05) is 18.2 Å². The van der Waals surface area contributed by atoms with E-state index in [1.54, 1.807) is 17.0 Å². The molecule has 1 aliphatic rings. The molecule has 0 radical (unpaired) electrons. The van der Waals surface area contributed by atoms with Crippen molar-refractivity contribution in [2.75, 3.05) is 13.2 Å². The molecule has 3 rings (SSSR count). The zero-order valence-corrected chi connectivity index (χ0v) is 13.0. The maximum atomic E-state index is 12.5. The molecule has 1 saturated carbocycles. The topological polar surface area (TPSA) is 49.8 Å². The second-order valence-corrected chi connectivity index (χ2v) is 5.75. The standard InChI is InChI=1S/C19H21NO3/c21-13-12-20(17-8-9-17)19(22)16-6-10-18(11-7-16)23-14-15-4-2-1-3-5-15/h1-7,10-11,17,21H,8-9,12-14H2. The largest absolute Gasteiger partial charge is 0.489 e. The van der Waals surface area contributed by atoms with E-state index in [9.17, 15) is 4.79 Å². The van der Waals surface area contributed by atoms with Crippen LogP contribution in [0.3, 0.4) is 0 Å². The van der Waals surface area contributed by atoms with Crippen LogP contribution in [0.1, 0.15) is 28.8 Å². The molecule has 1 N–H and O–H groups in total. The van der Waals surface area contributed by atoms with E-state index in [1.807, 2.05) is 42.5 Å². The average Bonchev–Trinajstić information content (AvgIpc) is 3.43. The van der Waals surface area contributed by atoms with Crippen molar-refractivity contribution in [2.45, 2.75) is 25.5 Å². The molecule has 0 heterocycles. The lowest BCUT2D eigenvalue weighted by atomic mass is 10.2. The van der Waals surface area contributed by atoms with Crippen LogP contribution in [-0.4, -0.2) is 35.1 Å². The van der Waals surface area contributed by atoms with Crippen molar-refractivity contribution in [1.82, 2.24) is 4.90 Å². The maximum absolute atomic E-state index is 12.5. The maximum Gasteiger partial charge on any atom is 0.254 e. The molecule has 0 aromatic heterocycles. The normalized spacial score (nSPS) is 13.6. The number of carbonyl (C=O) groups is 1. The van der Waals surface area contributed by atoms with Crippen LogP contribution in [0, 0.1) is 0 Å². The van der Waals surface area contributed by atoms with Crippen molar-refractivity contribution < 1.29 is 14.6 Å². The zero-order valence-electron chi connectivity index (χ0n) is 13.0. The second-order valence-electron chi connectivity index (χ2n) is 5.75. The van der Waals surface area contributed by atoms with Gasteiger partial charge in [-0.1, -0.05) is 30.3 Å². The van der Waals surface area contributed by atoms with Crippen molar-refractivity contribution in [3.8, 4) is 5.75 Å². The smallest absolute Gasteiger partial charge is 0.254 e. The van der Waals surface area contributed by atoms with Crippen LogP contribution in [0.25, 0.3) is 0 Å². The van der Waals surface area contributed by atoms with Gasteiger partial charge in [0.15, 0.2) is 0 Å². The van der Waals surface area contributed by atoms with Gasteiger partial charge in [0.2, 0.25) is 0 Å². The number of carbonyl (C=O) groups excluding carboxylic acids is 1. The van der Waals surface area contributed by atoms with Crippen LogP contribution >= 0.6 is 0 Å². The molecule has 2 aromatic rings. The molecule has 0 bridgehead atoms. The monoisotopic (exact) mass is 311 g/mol. The Hall–Kier alpha value is -2.33. The highest BCUT2D eigenvalue weighted by Crippen LogP contribution is 2.28. The SMILES string of the molecule is O=C(c1ccc(OCc2ccccc2)cc1)N(CCO)C1CC1. The summed E-state index contributed by atoms with van der Waals surface area (Å²) in [5.41, 5.74) is 1.74. The third kappa shape index (κ3) is 4.11. The molecule has 4 heteroatoms. The highest BCUT2D eigenvalue weighted by molar-refractivity contribution is 5.94. The molecule has 1 amide bonds. The molecule has 4 nitrogen and oxygen atoms in total. The first-order chi connectivity index (χ1) is 11.3. The van der Waals surface area contributed by atoms with Gasteiger partial charge < -0.3 is 14.7 Å². The van der Waals surface area contributed by atoms with Crippen molar-refractivity contribution in [1.29, 1.82) is 0 Å². The number of nitrogens with zero attached hydrogens (tertiary/aromatic N) is 1. The minimum absolute atomic E-state index is 0.000506. The summed E-state index contributed by atoms with van der Waals surface area (Å²) in [6, 6.07) is 17.5. The lowest BCUT2D eigenvalue weighted by Crippen LogP contribution is -2.35.